The second kappa shape index (κ2) is 7.13. The van der Waals surface area contributed by atoms with Crippen LogP contribution in [-0.4, -0.2) is 44.2 Å². The molecule has 2 atom stereocenters. The molecule has 0 bridgehead atoms. The number of hydrogen-bond acceptors (Lipinski definition) is 6. The van der Waals surface area contributed by atoms with Gasteiger partial charge >= 0.3 is 11.9 Å². The van der Waals surface area contributed by atoms with E-state index in [0.717, 1.165) is 6.42 Å². The van der Waals surface area contributed by atoms with Crippen LogP contribution in [0.4, 0.5) is 0 Å². The molecule has 1 aliphatic rings. The minimum Gasteiger partial charge on any atom is -0.447 e. The Morgan fingerprint density at radius 1 is 1.39 bits per heavy atom. The molecule has 0 aromatic rings. The van der Waals surface area contributed by atoms with Gasteiger partial charge in [-0.3, -0.25) is 0 Å². The molecule has 0 aromatic heterocycles. The van der Waals surface area contributed by atoms with Gasteiger partial charge in [0.15, 0.2) is 6.10 Å². The largest absolute Gasteiger partial charge is 0.447 e. The standard InChI is InChI=1S/C12H18O6/c1-8(2)11(13)17-9(3)12(14)18-10-7-15-5-4-6-16-10/h9-10H,1,4-7H2,2-3H3. The second-order valence-electron chi connectivity index (χ2n) is 3.99. The fourth-order valence-corrected chi connectivity index (χ4v) is 1.21. The number of hydrogen-bond donors (Lipinski definition) is 0. The molecule has 0 spiro atoms. The van der Waals surface area contributed by atoms with Gasteiger partial charge in [0.05, 0.1) is 6.61 Å². The molecule has 1 rings (SSSR count). The van der Waals surface area contributed by atoms with Crippen molar-refractivity contribution in [3.05, 3.63) is 12.2 Å². The lowest BCUT2D eigenvalue weighted by Gasteiger charge is -2.18. The van der Waals surface area contributed by atoms with Gasteiger partial charge in [-0.15, -0.1) is 0 Å². The maximum absolute atomic E-state index is 11.6. The van der Waals surface area contributed by atoms with Gasteiger partial charge in [-0.05, 0) is 20.3 Å². The predicted octanol–water partition coefficient (Wildman–Crippen LogP) is 0.800. The van der Waals surface area contributed by atoms with Crippen LogP contribution in [0.15, 0.2) is 12.2 Å². The van der Waals surface area contributed by atoms with E-state index in [-0.39, 0.29) is 12.2 Å². The predicted molar refractivity (Wildman–Crippen MR) is 61.6 cm³/mol. The van der Waals surface area contributed by atoms with Gasteiger partial charge in [-0.1, -0.05) is 6.58 Å². The zero-order chi connectivity index (χ0) is 13.5. The molecular weight excluding hydrogens is 240 g/mol. The Bertz CT molecular complexity index is 317. The maximum Gasteiger partial charge on any atom is 0.349 e. The topological polar surface area (TPSA) is 71.1 Å². The Morgan fingerprint density at radius 3 is 2.78 bits per heavy atom. The summed E-state index contributed by atoms with van der Waals surface area (Å²) in [4.78, 5) is 22.8. The highest BCUT2D eigenvalue weighted by molar-refractivity contribution is 5.89. The Labute approximate surface area is 106 Å². The van der Waals surface area contributed by atoms with Crippen LogP contribution in [0.5, 0.6) is 0 Å². The normalized spacial score (nSPS) is 21.6. The third-order valence-corrected chi connectivity index (χ3v) is 2.20. The van der Waals surface area contributed by atoms with Crippen molar-refractivity contribution in [2.24, 2.45) is 0 Å². The Kier molecular flexibility index (Phi) is 5.80. The summed E-state index contributed by atoms with van der Waals surface area (Å²) in [6, 6.07) is 0. The van der Waals surface area contributed by atoms with E-state index in [1.54, 1.807) is 0 Å². The van der Waals surface area contributed by atoms with Crippen LogP contribution in [0.3, 0.4) is 0 Å². The van der Waals surface area contributed by atoms with Crippen molar-refractivity contribution >= 4 is 11.9 Å². The number of ether oxygens (including phenoxy) is 4. The first-order valence-corrected chi connectivity index (χ1v) is 5.77. The minimum atomic E-state index is -0.999. The lowest BCUT2D eigenvalue weighted by Crippen LogP contribution is -2.33. The summed E-state index contributed by atoms with van der Waals surface area (Å²) in [7, 11) is 0. The van der Waals surface area contributed by atoms with E-state index >= 15 is 0 Å². The van der Waals surface area contributed by atoms with Crippen LogP contribution in [0, 0.1) is 0 Å². The summed E-state index contributed by atoms with van der Waals surface area (Å²) in [5.74, 6) is -1.29. The molecule has 1 aliphatic heterocycles. The van der Waals surface area contributed by atoms with Gasteiger partial charge in [0, 0.05) is 12.2 Å². The first kappa shape index (κ1) is 14.7. The molecule has 1 saturated heterocycles. The smallest absolute Gasteiger partial charge is 0.349 e. The van der Waals surface area contributed by atoms with Crippen LogP contribution >= 0.6 is 0 Å². The summed E-state index contributed by atoms with van der Waals surface area (Å²) >= 11 is 0. The molecule has 2 unspecified atom stereocenters. The monoisotopic (exact) mass is 258 g/mol. The molecule has 0 amide bonds. The average molecular weight is 258 g/mol. The van der Waals surface area contributed by atoms with Crippen molar-refractivity contribution in [2.45, 2.75) is 32.7 Å². The molecule has 0 saturated carbocycles. The fraction of sp³-hybridized carbons (Fsp3) is 0.667. The lowest BCUT2D eigenvalue weighted by molar-refractivity contribution is -0.195. The fourth-order valence-electron chi connectivity index (χ4n) is 1.21. The number of rotatable bonds is 4. The first-order chi connectivity index (χ1) is 8.50. The number of esters is 2. The van der Waals surface area contributed by atoms with Crippen molar-refractivity contribution in [1.82, 2.24) is 0 Å². The Balaban J connectivity index is 2.38. The Morgan fingerprint density at radius 2 is 2.11 bits per heavy atom. The molecule has 102 valence electrons. The molecule has 0 aromatic carbocycles. The molecule has 1 heterocycles. The van der Waals surface area contributed by atoms with Crippen molar-refractivity contribution in [1.29, 1.82) is 0 Å². The van der Waals surface area contributed by atoms with Crippen molar-refractivity contribution in [2.75, 3.05) is 19.8 Å². The second-order valence-corrected chi connectivity index (χ2v) is 3.99. The SMILES string of the molecule is C=C(C)C(=O)OC(C)C(=O)OC1COCCCO1. The summed E-state index contributed by atoms with van der Waals surface area (Å²) in [5, 5.41) is 0. The third-order valence-electron chi connectivity index (χ3n) is 2.20. The van der Waals surface area contributed by atoms with Crippen molar-refractivity contribution in [3.8, 4) is 0 Å². The van der Waals surface area contributed by atoms with Crippen LogP contribution in [-0.2, 0) is 28.5 Å². The quantitative estimate of drug-likeness (QED) is 0.548. The highest BCUT2D eigenvalue weighted by Gasteiger charge is 2.24. The van der Waals surface area contributed by atoms with E-state index in [2.05, 4.69) is 6.58 Å². The summed E-state index contributed by atoms with van der Waals surface area (Å²) in [6.07, 6.45) is -0.985. The van der Waals surface area contributed by atoms with Gasteiger partial charge in [0.2, 0.25) is 6.29 Å². The summed E-state index contributed by atoms with van der Waals surface area (Å²) in [6.45, 7) is 7.59. The van der Waals surface area contributed by atoms with Crippen molar-refractivity contribution < 1.29 is 28.5 Å². The van der Waals surface area contributed by atoms with E-state index in [4.69, 9.17) is 18.9 Å². The zero-order valence-electron chi connectivity index (χ0n) is 10.6. The lowest BCUT2D eigenvalue weighted by atomic mass is 10.3. The van der Waals surface area contributed by atoms with Crippen LogP contribution in [0.1, 0.15) is 20.3 Å². The van der Waals surface area contributed by atoms with E-state index in [0.29, 0.717) is 13.2 Å². The number of carbonyl (C=O) groups excluding carboxylic acids is 2. The van der Waals surface area contributed by atoms with Gasteiger partial charge < -0.3 is 18.9 Å². The summed E-state index contributed by atoms with van der Waals surface area (Å²) < 4.78 is 20.3. The van der Waals surface area contributed by atoms with E-state index in [1.807, 2.05) is 0 Å². The molecule has 6 nitrogen and oxygen atoms in total. The van der Waals surface area contributed by atoms with Gasteiger partial charge in [-0.25, -0.2) is 9.59 Å². The minimum absolute atomic E-state index is 0.187. The molecule has 0 aliphatic carbocycles. The molecule has 6 heteroatoms. The molecular formula is C12H18O6. The highest BCUT2D eigenvalue weighted by atomic mass is 16.7. The highest BCUT2D eigenvalue weighted by Crippen LogP contribution is 2.07. The maximum atomic E-state index is 11.6. The molecule has 0 N–H and O–H groups in total. The molecule has 18 heavy (non-hydrogen) atoms. The van der Waals surface area contributed by atoms with Crippen LogP contribution in [0.2, 0.25) is 0 Å². The van der Waals surface area contributed by atoms with E-state index in [1.165, 1.54) is 13.8 Å². The third kappa shape index (κ3) is 4.85. The van der Waals surface area contributed by atoms with E-state index in [9.17, 15) is 9.59 Å². The van der Waals surface area contributed by atoms with Gasteiger partial charge in [0.1, 0.15) is 6.61 Å². The molecule has 1 fully saturated rings. The summed E-state index contributed by atoms with van der Waals surface area (Å²) in [5.41, 5.74) is 0.226. The van der Waals surface area contributed by atoms with Crippen molar-refractivity contribution in [3.63, 3.8) is 0 Å². The number of carbonyl (C=O) groups is 2. The van der Waals surface area contributed by atoms with Gasteiger partial charge in [-0.2, -0.15) is 0 Å². The Hall–Kier alpha value is -1.40. The van der Waals surface area contributed by atoms with Crippen LogP contribution in [0.25, 0.3) is 0 Å². The zero-order valence-corrected chi connectivity index (χ0v) is 10.6. The average Bonchev–Trinajstić information content (AvgIpc) is 2.57. The first-order valence-electron chi connectivity index (χ1n) is 5.77. The van der Waals surface area contributed by atoms with Gasteiger partial charge in [0.25, 0.3) is 0 Å². The van der Waals surface area contributed by atoms with Crippen LogP contribution < -0.4 is 0 Å². The van der Waals surface area contributed by atoms with E-state index < -0.39 is 24.3 Å². The molecule has 0 radical (unpaired) electrons.